The number of ether oxygens (including phenoxy) is 2. The monoisotopic (exact) mass is 449 g/mol. The maximum atomic E-state index is 13.4. The molecule has 0 amide bonds. The van der Waals surface area contributed by atoms with Crippen molar-refractivity contribution in [3.8, 4) is 5.75 Å². The van der Waals surface area contributed by atoms with E-state index in [0.29, 0.717) is 10.9 Å². The summed E-state index contributed by atoms with van der Waals surface area (Å²) in [4.78, 5) is 25.0. The van der Waals surface area contributed by atoms with Crippen LogP contribution in [0.2, 0.25) is 0 Å². The number of benzene rings is 3. The van der Waals surface area contributed by atoms with E-state index in [-0.39, 0.29) is 28.5 Å². The Morgan fingerprint density at radius 1 is 0.844 bits per heavy atom. The van der Waals surface area contributed by atoms with Gasteiger partial charge in [0, 0.05) is 11.5 Å². The highest BCUT2D eigenvalue weighted by molar-refractivity contribution is 7.90. The van der Waals surface area contributed by atoms with Gasteiger partial charge >= 0.3 is 11.9 Å². The van der Waals surface area contributed by atoms with Gasteiger partial charge in [0.25, 0.3) is 10.0 Å². The van der Waals surface area contributed by atoms with Crippen molar-refractivity contribution in [2.24, 2.45) is 0 Å². The molecule has 0 N–H and O–H groups in total. The van der Waals surface area contributed by atoms with Crippen molar-refractivity contribution in [1.82, 2.24) is 3.97 Å². The van der Waals surface area contributed by atoms with Crippen LogP contribution < -0.4 is 4.74 Å². The fourth-order valence-corrected chi connectivity index (χ4v) is 4.78. The molecule has 0 radical (unpaired) electrons. The zero-order chi connectivity index (χ0) is 22.7. The lowest BCUT2D eigenvalue weighted by Gasteiger charge is -2.12. The summed E-state index contributed by atoms with van der Waals surface area (Å²) in [6, 6.07) is 22.2. The van der Waals surface area contributed by atoms with Crippen LogP contribution in [0.25, 0.3) is 10.9 Å². The average Bonchev–Trinajstić information content (AvgIpc) is 3.20. The van der Waals surface area contributed by atoms with Crippen LogP contribution in [0.15, 0.2) is 89.8 Å². The quantitative estimate of drug-likeness (QED) is 0.322. The first-order chi connectivity index (χ1) is 15.4. The Kier molecular flexibility index (Phi) is 5.79. The van der Waals surface area contributed by atoms with E-state index < -0.39 is 22.0 Å². The summed E-state index contributed by atoms with van der Waals surface area (Å²) in [5, 5.41) is 0.479. The van der Waals surface area contributed by atoms with Gasteiger partial charge < -0.3 is 9.47 Å². The number of nitrogens with zero attached hydrogens (tertiary/aromatic N) is 1. The van der Waals surface area contributed by atoms with Crippen LogP contribution in [-0.4, -0.2) is 30.9 Å². The number of hydrogen-bond donors (Lipinski definition) is 0. The number of rotatable bonds is 6. The van der Waals surface area contributed by atoms with Crippen LogP contribution in [0.3, 0.4) is 0 Å². The molecule has 0 atom stereocenters. The Bertz CT molecular complexity index is 1390. The lowest BCUT2D eigenvalue weighted by atomic mass is 10.2. The molecule has 0 saturated carbocycles. The Balaban J connectivity index is 1.85. The average molecular weight is 449 g/mol. The molecule has 4 aromatic rings. The summed E-state index contributed by atoms with van der Waals surface area (Å²) >= 11 is 0. The van der Waals surface area contributed by atoms with Crippen LogP contribution in [0.5, 0.6) is 5.75 Å². The van der Waals surface area contributed by atoms with Crippen LogP contribution in [-0.2, 0) is 14.8 Å². The van der Waals surface area contributed by atoms with Crippen LogP contribution >= 0.6 is 0 Å². The molecular formula is C24H19NO6S. The minimum atomic E-state index is -4.14. The third-order valence-corrected chi connectivity index (χ3v) is 6.46. The van der Waals surface area contributed by atoms with Gasteiger partial charge in [-0.15, -0.1) is 0 Å². The summed E-state index contributed by atoms with van der Waals surface area (Å²) in [6.45, 7) is 1.73. The number of carbonyl (C=O) groups excluding carboxylic acids is 2. The van der Waals surface area contributed by atoms with E-state index in [1.807, 2.05) is 0 Å². The van der Waals surface area contributed by atoms with Crippen molar-refractivity contribution in [2.75, 3.05) is 6.61 Å². The number of fused-ring (bicyclic) bond motifs is 1. The molecule has 8 heteroatoms. The summed E-state index contributed by atoms with van der Waals surface area (Å²) in [7, 11) is -4.14. The molecule has 1 aromatic heterocycles. The summed E-state index contributed by atoms with van der Waals surface area (Å²) < 4.78 is 38.3. The van der Waals surface area contributed by atoms with Gasteiger partial charge in [-0.3, -0.25) is 0 Å². The van der Waals surface area contributed by atoms with Crippen LogP contribution in [0, 0.1) is 0 Å². The predicted octanol–water partition coefficient (Wildman–Crippen LogP) is 4.27. The van der Waals surface area contributed by atoms with Gasteiger partial charge in [-0.05, 0) is 49.4 Å². The fourth-order valence-electron chi connectivity index (χ4n) is 3.26. The van der Waals surface area contributed by atoms with Gasteiger partial charge in [-0.25, -0.2) is 22.0 Å². The minimum absolute atomic E-state index is 0.00901. The maximum absolute atomic E-state index is 13.4. The first kappa shape index (κ1) is 21.3. The topological polar surface area (TPSA) is 91.7 Å². The Hall–Kier alpha value is -3.91. The maximum Gasteiger partial charge on any atom is 0.356 e. The Morgan fingerprint density at radius 3 is 2.16 bits per heavy atom. The first-order valence-electron chi connectivity index (χ1n) is 9.82. The molecular weight excluding hydrogens is 430 g/mol. The number of esters is 2. The molecule has 0 aliphatic carbocycles. The zero-order valence-electron chi connectivity index (χ0n) is 17.1. The van der Waals surface area contributed by atoms with Gasteiger partial charge in [0.1, 0.15) is 11.4 Å². The van der Waals surface area contributed by atoms with Crippen molar-refractivity contribution in [1.29, 1.82) is 0 Å². The highest BCUT2D eigenvalue weighted by atomic mass is 32.2. The molecule has 0 aliphatic rings. The van der Waals surface area contributed by atoms with Gasteiger partial charge in [0.05, 0.1) is 22.6 Å². The predicted molar refractivity (Wildman–Crippen MR) is 118 cm³/mol. The molecule has 0 bridgehead atoms. The molecule has 0 saturated heterocycles. The first-order valence-corrected chi connectivity index (χ1v) is 11.3. The molecule has 0 aliphatic heterocycles. The van der Waals surface area contributed by atoms with E-state index in [4.69, 9.17) is 9.47 Å². The third-order valence-electron chi connectivity index (χ3n) is 4.72. The standard InChI is InChI=1S/C24H19NO6S/c1-2-30-24(27)22-15-18-13-14-19(31-23(26)17-9-5-3-6-10-17)16-21(18)25(22)32(28,29)20-11-7-4-8-12-20/h3-16H,2H2,1H3. The SMILES string of the molecule is CCOC(=O)c1cc2ccc(OC(=O)c3ccccc3)cc2n1S(=O)(=O)c1ccccc1. The number of hydrogen-bond acceptors (Lipinski definition) is 6. The highest BCUT2D eigenvalue weighted by Crippen LogP contribution is 2.29. The molecule has 162 valence electrons. The van der Waals surface area contributed by atoms with Crippen molar-refractivity contribution in [3.05, 3.63) is 96.2 Å². The van der Waals surface area contributed by atoms with Gasteiger partial charge in [0.2, 0.25) is 0 Å². The zero-order valence-corrected chi connectivity index (χ0v) is 17.9. The largest absolute Gasteiger partial charge is 0.461 e. The van der Waals surface area contributed by atoms with Crippen molar-refractivity contribution in [3.63, 3.8) is 0 Å². The minimum Gasteiger partial charge on any atom is -0.461 e. The van der Waals surface area contributed by atoms with E-state index in [1.54, 1.807) is 61.5 Å². The number of aromatic nitrogens is 1. The fraction of sp³-hybridized carbons (Fsp3) is 0.0833. The van der Waals surface area contributed by atoms with Gasteiger partial charge in [0.15, 0.2) is 0 Å². The molecule has 1 heterocycles. The molecule has 0 unspecified atom stereocenters. The van der Waals surface area contributed by atoms with Crippen LogP contribution in [0.1, 0.15) is 27.8 Å². The second-order valence-electron chi connectivity index (χ2n) is 6.81. The highest BCUT2D eigenvalue weighted by Gasteiger charge is 2.27. The molecule has 4 rings (SSSR count). The summed E-state index contributed by atoms with van der Waals surface area (Å²) in [5.41, 5.74) is 0.402. The van der Waals surface area contributed by atoms with E-state index in [1.165, 1.54) is 30.3 Å². The molecule has 3 aromatic carbocycles. The van der Waals surface area contributed by atoms with E-state index >= 15 is 0 Å². The molecule has 0 fully saturated rings. The van der Waals surface area contributed by atoms with E-state index in [2.05, 4.69) is 0 Å². The smallest absolute Gasteiger partial charge is 0.356 e. The number of carbonyl (C=O) groups is 2. The van der Waals surface area contributed by atoms with Crippen LogP contribution in [0.4, 0.5) is 0 Å². The third kappa shape index (κ3) is 4.00. The normalized spacial score (nSPS) is 11.3. The Labute approximate surface area is 184 Å². The van der Waals surface area contributed by atoms with E-state index in [0.717, 1.165) is 3.97 Å². The summed E-state index contributed by atoms with van der Waals surface area (Å²) in [6.07, 6.45) is 0. The van der Waals surface area contributed by atoms with Crippen molar-refractivity contribution in [2.45, 2.75) is 11.8 Å². The lowest BCUT2D eigenvalue weighted by Crippen LogP contribution is -2.19. The van der Waals surface area contributed by atoms with Gasteiger partial charge in [-0.2, -0.15) is 0 Å². The summed E-state index contributed by atoms with van der Waals surface area (Å²) in [5.74, 6) is -1.21. The molecule has 32 heavy (non-hydrogen) atoms. The lowest BCUT2D eigenvalue weighted by molar-refractivity contribution is 0.0518. The van der Waals surface area contributed by atoms with Gasteiger partial charge in [-0.1, -0.05) is 36.4 Å². The van der Waals surface area contributed by atoms with Crippen molar-refractivity contribution < 1.29 is 27.5 Å². The second-order valence-corrected chi connectivity index (χ2v) is 8.60. The Morgan fingerprint density at radius 2 is 1.50 bits per heavy atom. The molecule has 0 spiro atoms. The second kappa shape index (κ2) is 8.68. The molecule has 7 nitrogen and oxygen atoms in total. The van der Waals surface area contributed by atoms with E-state index in [9.17, 15) is 18.0 Å². The van der Waals surface area contributed by atoms with Crippen molar-refractivity contribution >= 4 is 32.9 Å².